The lowest BCUT2D eigenvalue weighted by Crippen LogP contribution is -2.24. The second-order valence-electron chi connectivity index (χ2n) is 1.99. The van der Waals surface area contributed by atoms with E-state index < -0.39 is 0 Å². The lowest BCUT2D eigenvalue weighted by molar-refractivity contribution is 0.558. The van der Waals surface area contributed by atoms with Crippen LogP contribution in [0.5, 0.6) is 0 Å². The highest BCUT2D eigenvalue weighted by atomic mass is 32.2. The number of nitrogens with zero attached hydrogens (tertiary/aromatic N) is 1. The second kappa shape index (κ2) is 2.56. The molecule has 2 heterocycles. The maximum absolute atomic E-state index is 5.16. The topological polar surface area (TPSA) is 28.4 Å². The molecule has 1 aromatic heterocycles. The third-order valence-corrected chi connectivity index (χ3v) is 2.24. The fraction of sp³-hybridized carbons (Fsp3) is 0.333. The van der Waals surface area contributed by atoms with Gasteiger partial charge in [-0.05, 0) is 18.0 Å². The van der Waals surface area contributed by atoms with Gasteiger partial charge in [0.25, 0.3) is 0 Å². The number of hydrogen-bond donors (Lipinski definition) is 1. The highest BCUT2D eigenvalue weighted by Crippen LogP contribution is 2.22. The van der Waals surface area contributed by atoms with Crippen molar-refractivity contribution in [2.75, 3.05) is 16.7 Å². The van der Waals surface area contributed by atoms with Crippen LogP contribution in [-0.2, 0) is 0 Å². The molecule has 0 bridgehead atoms. The van der Waals surface area contributed by atoms with Gasteiger partial charge < -0.3 is 4.42 Å². The Morgan fingerprint density at radius 2 is 2.70 bits per heavy atom. The van der Waals surface area contributed by atoms with Gasteiger partial charge in [-0.25, -0.2) is 9.84 Å². The molecule has 1 aliphatic rings. The summed E-state index contributed by atoms with van der Waals surface area (Å²) in [5, 5.41) is 0. The van der Waals surface area contributed by atoms with Crippen molar-refractivity contribution in [3.8, 4) is 0 Å². The summed E-state index contributed by atoms with van der Waals surface area (Å²) in [6, 6.07) is 3.82. The Morgan fingerprint density at radius 3 is 3.30 bits per heavy atom. The Balaban J connectivity index is 2.12. The first kappa shape index (κ1) is 6.12. The fourth-order valence-electron chi connectivity index (χ4n) is 0.857. The van der Waals surface area contributed by atoms with Crippen LogP contribution in [0.1, 0.15) is 0 Å². The minimum atomic E-state index is 0.877. The van der Waals surface area contributed by atoms with Crippen molar-refractivity contribution < 1.29 is 4.42 Å². The summed E-state index contributed by atoms with van der Waals surface area (Å²) in [5.74, 6) is 1.99. The molecular weight excluding hydrogens is 148 g/mol. The third kappa shape index (κ3) is 0.998. The van der Waals surface area contributed by atoms with Gasteiger partial charge in [-0.2, -0.15) is 0 Å². The normalized spacial score (nSPS) is 18.2. The zero-order chi connectivity index (χ0) is 6.81. The maximum atomic E-state index is 5.16. The zero-order valence-corrected chi connectivity index (χ0v) is 6.23. The molecule has 0 spiro atoms. The van der Waals surface area contributed by atoms with E-state index in [0.717, 1.165) is 18.2 Å². The maximum Gasteiger partial charge on any atom is 0.219 e. The van der Waals surface area contributed by atoms with E-state index in [0.29, 0.717) is 0 Å². The van der Waals surface area contributed by atoms with Crippen molar-refractivity contribution in [3.63, 3.8) is 0 Å². The number of rotatable bonds is 1. The van der Waals surface area contributed by atoms with Gasteiger partial charge in [0.15, 0.2) is 0 Å². The molecule has 0 unspecified atom stereocenters. The largest absolute Gasteiger partial charge is 0.447 e. The van der Waals surface area contributed by atoms with E-state index in [1.807, 2.05) is 16.5 Å². The van der Waals surface area contributed by atoms with Crippen molar-refractivity contribution in [1.29, 1.82) is 0 Å². The molecule has 0 atom stereocenters. The fourth-order valence-corrected chi connectivity index (χ4v) is 1.64. The minimum Gasteiger partial charge on any atom is -0.447 e. The first-order valence-electron chi connectivity index (χ1n) is 3.17. The van der Waals surface area contributed by atoms with Crippen LogP contribution in [0.25, 0.3) is 0 Å². The molecule has 3 nitrogen and oxygen atoms in total. The van der Waals surface area contributed by atoms with E-state index in [1.54, 1.807) is 18.2 Å². The van der Waals surface area contributed by atoms with Crippen LogP contribution in [0.4, 0.5) is 5.88 Å². The Hall–Kier alpha value is -0.610. The second-order valence-corrected chi connectivity index (χ2v) is 3.02. The summed E-state index contributed by atoms with van der Waals surface area (Å²) >= 11 is 1.73. The predicted octanol–water partition coefficient (Wildman–Crippen LogP) is 1.25. The highest BCUT2D eigenvalue weighted by molar-refractivity contribution is 8.00. The van der Waals surface area contributed by atoms with E-state index in [1.165, 1.54) is 0 Å². The molecule has 1 saturated heterocycles. The molecule has 0 aromatic carbocycles. The molecule has 0 radical (unpaired) electrons. The quantitative estimate of drug-likeness (QED) is 0.619. The summed E-state index contributed by atoms with van der Waals surface area (Å²) in [6.07, 6.45) is 1.68. The van der Waals surface area contributed by atoms with Crippen molar-refractivity contribution in [2.24, 2.45) is 0 Å². The summed E-state index contributed by atoms with van der Waals surface area (Å²) in [7, 11) is 0. The van der Waals surface area contributed by atoms with Gasteiger partial charge in [-0.3, -0.25) is 0 Å². The predicted molar refractivity (Wildman–Crippen MR) is 41.6 cm³/mol. The van der Waals surface area contributed by atoms with Crippen LogP contribution in [0, 0.1) is 0 Å². The van der Waals surface area contributed by atoms with Crippen LogP contribution in [-0.4, -0.2) is 12.3 Å². The van der Waals surface area contributed by atoms with Crippen LogP contribution < -0.4 is 9.84 Å². The minimum absolute atomic E-state index is 0.877. The van der Waals surface area contributed by atoms with Gasteiger partial charge in [0.05, 0.1) is 6.26 Å². The molecule has 10 heavy (non-hydrogen) atoms. The molecule has 1 N–H and O–H groups in total. The SMILES string of the molecule is c1coc(N2NCCS2)c1. The van der Waals surface area contributed by atoms with Gasteiger partial charge in [-0.15, -0.1) is 0 Å². The van der Waals surface area contributed by atoms with Crippen molar-refractivity contribution in [1.82, 2.24) is 5.43 Å². The number of hydrogen-bond acceptors (Lipinski definition) is 4. The van der Waals surface area contributed by atoms with Gasteiger partial charge in [0, 0.05) is 18.4 Å². The molecule has 0 aliphatic carbocycles. The number of anilines is 1. The molecule has 1 aliphatic heterocycles. The first-order chi connectivity index (χ1) is 4.97. The number of nitrogens with one attached hydrogen (secondary N) is 1. The van der Waals surface area contributed by atoms with E-state index in [9.17, 15) is 0 Å². The first-order valence-corrected chi connectivity index (χ1v) is 4.11. The Morgan fingerprint density at radius 1 is 1.70 bits per heavy atom. The van der Waals surface area contributed by atoms with Gasteiger partial charge in [0.1, 0.15) is 0 Å². The third-order valence-electron chi connectivity index (χ3n) is 1.28. The molecule has 0 saturated carbocycles. The summed E-state index contributed by atoms with van der Waals surface area (Å²) in [6.45, 7) is 1.02. The number of furan rings is 1. The van der Waals surface area contributed by atoms with Crippen LogP contribution in [0.3, 0.4) is 0 Å². The van der Waals surface area contributed by atoms with Gasteiger partial charge in [-0.1, -0.05) is 0 Å². The van der Waals surface area contributed by atoms with E-state index in [2.05, 4.69) is 5.43 Å². The summed E-state index contributed by atoms with van der Waals surface area (Å²) < 4.78 is 7.10. The molecule has 54 valence electrons. The molecule has 1 fully saturated rings. The van der Waals surface area contributed by atoms with Crippen molar-refractivity contribution in [2.45, 2.75) is 0 Å². The highest BCUT2D eigenvalue weighted by Gasteiger charge is 2.13. The van der Waals surface area contributed by atoms with Crippen molar-refractivity contribution in [3.05, 3.63) is 18.4 Å². The van der Waals surface area contributed by atoms with Gasteiger partial charge >= 0.3 is 0 Å². The van der Waals surface area contributed by atoms with Crippen molar-refractivity contribution >= 4 is 17.8 Å². The summed E-state index contributed by atoms with van der Waals surface area (Å²) in [5.41, 5.74) is 3.16. The van der Waals surface area contributed by atoms with E-state index in [-0.39, 0.29) is 0 Å². The summed E-state index contributed by atoms with van der Waals surface area (Å²) in [4.78, 5) is 0. The lowest BCUT2D eigenvalue weighted by Gasteiger charge is -2.10. The Kier molecular flexibility index (Phi) is 1.56. The molecule has 4 heteroatoms. The Bertz CT molecular complexity index is 194. The molecule has 1 aromatic rings. The lowest BCUT2D eigenvalue weighted by atomic mass is 10.6. The monoisotopic (exact) mass is 156 g/mol. The molecule has 2 rings (SSSR count). The van der Waals surface area contributed by atoms with E-state index in [4.69, 9.17) is 4.42 Å². The average molecular weight is 156 g/mol. The smallest absolute Gasteiger partial charge is 0.219 e. The number of hydrazine groups is 1. The standard InChI is InChI=1S/C6H8N2OS/c1-2-6(9-4-1)8-7-3-5-10-8/h1-2,4,7H,3,5H2. The van der Waals surface area contributed by atoms with Crippen LogP contribution >= 0.6 is 11.9 Å². The molecule has 0 amide bonds. The Labute approximate surface area is 63.5 Å². The van der Waals surface area contributed by atoms with Crippen LogP contribution in [0.2, 0.25) is 0 Å². The van der Waals surface area contributed by atoms with Crippen LogP contribution in [0.15, 0.2) is 22.8 Å². The average Bonchev–Trinajstić information content (AvgIpc) is 2.59. The van der Waals surface area contributed by atoms with E-state index >= 15 is 0 Å². The molecular formula is C6H8N2OS. The van der Waals surface area contributed by atoms with Gasteiger partial charge in [0.2, 0.25) is 5.88 Å². The zero-order valence-electron chi connectivity index (χ0n) is 5.41.